The van der Waals surface area contributed by atoms with Crippen LogP contribution in [0.5, 0.6) is 0 Å². The Balaban J connectivity index is 2.22. The number of thiophene rings is 1. The van der Waals surface area contributed by atoms with Crippen LogP contribution in [0, 0.1) is 10.1 Å². The van der Waals surface area contributed by atoms with Gasteiger partial charge in [0, 0.05) is 28.3 Å². The molecule has 5 nitrogen and oxygen atoms in total. The van der Waals surface area contributed by atoms with Crippen LogP contribution in [0.4, 0.5) is 17.1 Å². The van der Waals surface area contributed by atoms with Crippen molar-refractivity contribution in [2.75, 3.05) is 17.7 Å². The zero-order valence-corrected chi connectivity index (χ0v) is 12.5. The molecule has 0 amide bonds. The fourth-order valence-electron chi connectivity index (χ4n) is 1.71. The summed E-state index contributed by atoms with van der Waals surface area (Å²) in [5, 5.41) is 19.1. The van der Waals surface area contributed by atoms with Crippen LogP contribution in [-0.4, -0.2) is 12.0 Å². The Kier molecular flexibility index (Phi) is 4.39. The number of nitrogens with zero attached hydrogens (tertiary/aromatic N) is 1. The summed E-state index contributed by atoms with van der Waals surface area (Å²) in [5.74, 6) is 0. The van der Waals surface area contributed by atoms with E-state index in [1.54, 1.807) is 36.6 Å². The first kappa shape index (κ1) is 13.8. The molecular weight excluding hydrogens is 330 g/mol. The van der Waals surface area contributed by atoms with Crippen molar-refractivity contribution in [2.24, 2.45) is 0 Å². The highest BCUT2D eigenvalue weighted by Crippen LogP contribution is 2.33. The van der Waals surface area contributed by atoms with Gasteiger partial charge in [0.1, 0.15) is 11.4 Å². The van der Waals surface area contributed by atoms with E-state index >= 15 is 0 Å². The third kappa shape index (κ3) is 3.24. The van der Waals surface area contributed by atoms with Gasteiger partial charge in [-0.25, -0.2) is 0 Å². The van der Waals surface area contributed by atoms with Crippen molar-refractivity contribution in [2.45, 2.75) is 6.54 Å². The number of para-hydroxylation sites is 1. The number of hydrogen-bond donors (Lipinski definition) is 2. The summed E-state index contributed by atoms with van der Waals surface area (Å²) >= 11 is 4.98. The van der Waals surface area contributed by atoms with E-state index in [0.717, 1.165) is 9.35 Å². The van der Waals surface area contributed by atoms with Gasteiger partial charge in [0.25, 0.3) is 0 Å². The zero-order valence-electron chi connectivity index (χ0n) is 10.1. The number of rotatable bonds is 5. The molecule has 0 bridgehead atoms. The Morgan fingerprint density at radius 3 is 2.74 bits per heavy atom. The molecule has 0 aliphatic heterocycles. The highest BCUT2D eigenvalue weighted by Gasteiger charge is 2.18. The first-order valence-electron chi connectivity index (χ1n) is 5.53. The van der Waals surface area contributed by atoms with Crippen LogP contribution in [0.3, 0.4) is 0 Å². The fourth-order valence-corrected chi connectivity index (χ4v) is 3.10. The van der Waals surface area contributed by atoms with Gasteiger partial charge in [-0.15, -0.1) is 11.3 Å². The Hall–Kier alpha value is -1.60. The Morgan fingerprint density at radius 2 is 2.16 bits per heavy atom. The molecule has 0 fully saturated rings. The number of nitro groups is 1. The summed E-state index contributed by atoms with van der Waals surface area (Å²) in [5.41, 5.74) is 1.09. The standard InChI is InChI=1S/C12H12BrN3O2S/c1-14-10-3-2-4-11(12(10)16(17)18)15-6-9-5-8(13)7-19-9/h2-5,7,14-15H,6H2,1H3. The van der Waals surface area contributed by atoms with Gasteiger partial charge in [0.15, 0.2) is 0 Å². The van der Waals surface area contributed by atoms with E-state index in [1.165, 1.54) is 0 Å². The lowest BCUT2D eigenvalue weighted by Gasteiger charge is -2.09. The van der Waals surface area contributed by atoms with Gasteiger partial charge in [-0.3, -0.25) is 10.1 Å². The monoisotopic (exact) mass is 341 g/mol. The van der Waals surface area contributed by atoms with Crippen molar-refractivity contribution in [1.29, 1.82) is 0 Å². The molecule has 7 heteroatoms. The molecule has 0 saturated heterocycles. The minimum atomic E-state index is -0.376. The molecule has 2 rings (SSSR count). The molecule has 0 unspecified atom stereocenters. The molecule has 0 aliphatic rings. The summed E-state index contributed by atoms with van der Waals surface area (Å²) in [6.07, 6.45) is 0. The van der Waals surface area contributed by atoms with Crippen molar-refractivity contribution >= 4 is 44.3 Å². The van der Waals surface area contributed by atoms with Gasteiger partial charge in [0.2, 0.25) is 0 Å². The molecule has 2 N–H and O–H groups in total. The third-order valence-electron chi connectivity index (χ3n) is 2.56. The summed E-state index contributed by atoms with van der Waals surface area (Å²) < 4.78 is 1.02. The maximum atomic E-state index is 11.1. The molecule has 2 aromatic rings. The van der Waals surface area contributed by atoms with Crippen LogP contribution in [-0.2, 0) is 6.54 Å². The fraction of sp³-hybridized carbons (Fsp3) is 0.167. The maximum Gasteiger partial charge on any atom is 0.315 e. The van der Waals surface area contributed by atoms with Gasteiger partial charge < -0.3 is 10.6 Å². The molecule has 0 aliphatic carbocycles. The number of anilines is 2. The lowest BCUT2D eigenvalue weighted by atomic mass is 10.2. The number of hydrogen-bond acceptors (Lipinski definition) is 5. The normalized spacial score (nSPS) is 10.2. The van der Waals surface area contributed by atoms with Gasteiger partial charge >= 0.3 is 5.69 Å². The molecule has 1 aromatic heterocycles. The van der Waals surface area contributed by atoms with Crippen LogP contribution in [0.25, 0.3) is 0 Å². The summed E-state index contributed by atoms with van der Waals surface area (Å²) in [6, 6.07) is 7.17. The van der Waals surface area contributed by atoms with Gasteiger partial charge in [-0.1, -0.05) is 6.07 Å². The van der Waals surface area contributed by atoms with E-state index in [9.17, 15) is 10.1 Å². The topological polar surface area (TPSA) is 67.2 Å². The van der Waals surface area contributed by atoms with E-state index in [0.29, 0.717) is 17.9 Å². The molecular formula is C12H12BrN3O2S. The predicted molar refractivity (Wildman–Crippen MR) is 82.0 cm³/mol. The second-order valence-corrected chi connectivity index (χ2v) is 5.71. The van der Waals surface area contributed by atoms with Crippen molar-refractivity contribution in [1.82, 2.24) is 0 Å². The number of nitrogens with one attached hydrogen (secondary N) is 2. The average Bonchev–Trinajstić information content (AvgIpc) is 2.81. The van der Waals surface area contributed by atoms with Crippen molar-refractivity contribution in [3.63, 3.8) is 0 Å². The molecule has 0 atom stereocenters. The summed E-state index contributed by atoms with van der Waals surface area (Å²) in [4.78, 5) is 11.9. The van der Waals surface area contributed by atoms with Crippen molar-refractivity contribution in [3.05, 3.63) is 49.1 Å². The summed E-state index contributed by atoms with van der Waals surface area (Å²) in [7, 11) is 1.67. The Labute approximate surface area is 122 Å². The quantitative estimate of drug-likeness (QED) is 0.635. The first-order valence-corrected chi connectivity index (χ1v) is 7.21. The third-order valence-corrected chi connectivity index (χ3v) is 4.26. The second-order valence-electron chi connectivity index (χ2n) is 3.79. The number of halogens is 1. The van der Waals surface area contributed by atoms with E-state index < -0.39 is 0 Å². The highest BCUT2D eigenvalue weighted by atomic mass is 79.9. The van der Waals surface area contributed by atoms with Crippen LogP contribution in [0.2, 0.25) is 0 Å². The minimum Gasteiger partial charge on any atom is -0.382 e. The summed E-state index contributed by atoms with van der Waals surface area (Å²) in [6.45, 7) is 0.560. The smallest absolute Gasteiger partial charge is 0.315 e. The van der Waals surface area contributed by atoms with E-state index in [2.05, 4.69) is 26.6 Å². The minimum absolute atomic E-state index is 0.0700. The molecule has 0 saturated carbocycles. The molecule has 1 aromatic carbocycles. The van der Waals surface area contributed by atoms with Crippen molar-refractivity contribution in [3.8, 4) is 0 Å². The largest absolute Gasteiger partial charge is 0.382 e. The maximum absolute atomic E-state index is 11.1. The lowest BCUT2D eigenvalue weighted by Crippen LogP contribution is -2.04. The van der Waals surface area contributed by atoms with Gasteiger partial charge in [0.05, 0.1) is 4.92 Å². The lowest BCUT2D eigenvalue weighted by molar-refractivity contribution is -0.383. The highest BCUT2D eigenvalue weighted by molar-refractivity contribution is 9.10. The Morgan fingerprint density at radius 1 is 1.42 bits per heavy atom. The van der Waals surface area contributed by atoms with Crippen molar-refractivity contribution < 1.29 is 4.92 Å². The number of benzene rings is 1. The van der Waals surface area contributed by atoms with E-state index in [4.69, 9.17) is 0 Å². The van der Waals surface area contributed by atoms with Crippen LogP contribution in [0.15, 0.2) is 34.1 Å². The van der Waals surface area contributed by atoms with E-state index in [1.807, 2.05) is 11.4 Å². The van der Waals surface area contributed by atoms with Crippen LogP contribution < -0.4 is 10.6 Å². The van der Waals surface area contributed by atoms with Crippen LogP contribution in [0.1, 0.15) is 4.88 Å². The molecule has 0 radical (unpaired) electrons. The SMILES string of the molecule is CNc1cccc(NCc2cc(Br)cs2)c1[N+](=O)[O-]. The van der Waals surface area contributed by atoms with Gasteiger partial charge in [-0.2, -0.15) is 0 Å². The molecule has 1 heterocycles. The molecule has 100 valence electrons. The van der Waals surface area contributed by atoms with Gasteiger partial charge in [-0.05, 0) is 34.1 Å². The zero-order chi connectivity index (χ0) is 13.8. The van der Waals surface area contributed by atoms with E-state index in [-0.39, 0.29) is 10.6 Å². The number of nitro benzene ring substituents is 1. The average molecular weight is 342 g/mol. The molecule has 19 heavy (non-hydrogen) atoms. The first-order chi connectivity index (χ1) is 9.11. The van der Waals surface area contributed by atoms with Crippen LogP contribution >= 0.6 is 27.3 Å². The predicted octanol–water partition coefficient (Wildman–Crippen LogP) is 4.07. The molecule has 0 spiro atoms. The second kappa shape index (κ2) is 6.03. The Bertz CT molecular complexity index is 600.